The van der Waals surface area contributed by atoms with E-state index in [1.165, 1.54) is 11.3 Å². The Labute approximate surface area is 241 Å². The lowest BCUT2D eigenvalue weighted by atomic mass is 10.0. The van der Waals surface area contributed by atoms with Crippen molar-refractivity contribution in [1.82, 2.24) is 14.9 Å². The van der Waals surface area contributed by atoms with E-state index >= 15 is 0 Å². The third kappa shape index (κ3) is 6.65. The Balaban J connectivity index is 1.54. The summed E-state index contributed by atoms with van der Waals surface area (Å²) in [5.74, 6) is 2.22. The Morgan fingerprint density at radius 1 is 1.02 bits per heavy atom. The van der Waals surface area contributed by atoms with Gasteiger partial charge < -0.3 is 34.5 Å². The van der Waals surface area contributed by atoms with Crippen molar-refractivity contribution in [1.29, 1.82) is 0 Å². The van der Waals surface area contributed by atoms with Crippen LogP contribution in [-0.4, -0.2) is 75.1 Å². The van der Waals surface area contributed by atoms with Crippen molar-refractivity contribution in [3.05, 3.63) is 47.1 Å². The van der Waals surface area contributed by atoms with Gasteiger partial charge in [0.05, 0.1) is 31.3 Å². The van der Waals surface area contributed by atoms with Crippen molar-refractivity contribution in [2.75, 3.05) is 75.8 Å². The van der Waals surface area contributed by atoms with E-state index in [1.54, 1.807) is 26.6 Å². The molecule has 3 aliphatic rings. The molecule has 0 saturated carbocycles. The van der Waals surface area contributed by atoms with E-state index in [1.807, 2.05) is 18.2 Å². The number of piperazine rings is 1. The Morgan fingerprint density at radius 2 is 1.82 bits per heavy atom. The van der Waals surface area contributed by atoms with Crippen LogP contribution in [0.2, 0.25) is 5.02 Å². The van der Waals surface area contributed by atoms with Gasteiger partial charge in [0.2, 0.25) is 5.95 Å². The number of aromatic nitrogens is 2. The average molecular weight is 585 g/mol. The van der Waals surface area contributed by atoms with E-state index < -0.39 is 7.14 Å². The highest BCUT2D eigenvalue weighted by molar-refractivity contribution is 7.70. The molecule has 1 saturated heterocycles. The summed E-state index contributed by atoms with van der Waals surface area (Å²) in [5, 5.41) is 7.68. The number of methoxy groups -OCH3 is 1. The quantitative estimate of drug-likeness (QED) is 0.374. The highest BCUT2D eigenvalue weighted by Gasteiger charge is 2.22. The summed E-state index contributed by atoms with van der Waals surface area (Å²) in [5.41, 5.74) is 3.95. The lowest BCUT2D eigenvalue weighted by Gasteiger charge is -2.35. The second-order valence-electron chi connectivity index (χ2n) is 10.8. The Hall–Kier alpha value is -3.00. The number of aryl methyl sites for hydroxylation is 1. The highest BCUT2D eigenvalue weighted by Crippen LogP contribution is 2.41. The molecular weight excluding hydrogens is 547 g/mol. The molecule has 0 radical (unpaired) electrons. The number of fused-ring (bicyclic) bond motifs is 7. The fraction of sp³-hybridized carbons (Fsp3) is 0.448. The summed E-state index contributed by atoms with van der Waals surface area (Å²) < 4.78 is 25.1. The zero-order valence-corrected chi connectivity index (χ0v) is 25.3. The van der Waals surface area contributed by atoms with Crippen LogP contribution in [0.4, 0.5) is 28.8 Å². The molecule has 6 rings (SSSR count). The van der Waals surface area contributed by atoms with Crippen LogP contribution in [0, 0.1) is 0 Å². The molecule has 2 N–H and O–H groups in total. The van der Waals surface area contributed by atoms with Crippen molar-refractivity contribution >= 4 is 52.9 Å². The minimum absolute atomic E-state index is 0.353. The van der Waals surface area contributed by atoms with Gasteiger partial charge in [-0.05, 0) is 75.9 Å². The second-order valence-corrected chi connectivity index (χ2v) is 14.4. The van der Waals surface area contributed by atoms with Gasteiger partial charge in [-0.15, -0.1) is 0 Å². The van der Waals surface area contributed by atoms with Gasteiger partial charge >= 0.3 is 0 Å². The summed E-state index contributed by atoms with van der Waals surface area (Å²) in [4.78, 5) is 13.9. The lowest BCUT2D eigenvalue weighted by molar-refractivity contribution is 0.305. The van der Waals surface area contributed by atoms with Crippen LogP contribution in [0.15, 0.2) is 36.5 Å². The van der Waals surface area contributed by atoms with Crippen LogP contribution in [0.3, 0.4) is 0 Å². The molecular formula is C29H38ClN6O3P. The lowest BCUT2D eigenvalue weighted by Crippen LogP contribution is -2.44. The van der Waals surface area contributed by atoms with Gasteiger partial charge in [-0.2, -0.15) is 4.98 Å². The summed E-state index contributed by atoms with van der Waals surface area (Å²) >= 11 is 6.50. The number of nitrogens with one attached hydrogen (secondary N) is 2. The van der Waals surface area contributed by atoms with Crippen molar-refractivity contribution in [3.8, 4) is 11.5 Å². The number of hydrogen-bond acceptors (Lipinski definition) is 9. The van der Waals surface area contributed by atoms with Crippen molar-refractivity contribution < 1.29 is 14.0 Å². The topological polar surface area (TPSA) is 91.9 Å². The molecule has 1 fully saturated rings. The first-order chi connectivity index (χ1) is 19.2. The molecule has 214 valence electrons. The predicted molar refractivity (Wildman–Crippen MR) is 165 cm³/mol. The Kier molecular flexibility index (Phi) is 8.74. The third-order valence-electron chi connectivity index (χ3n) is 7.40. The fourth-order valence-electron chi connectivity index (χ4n) is 5.12. The molecule has 9 nitrogen and oxygen atoms in total. The minimum Gasteiger partial charge on any atom is -0.494 e. The molecule has 4 heterocycles. The van der Waals surface area contributed by atoms with Crippen LogP contribution in [0.1, 0.15) is 24.8 Å². The molecule has 0 atom stereocenters. The van der Waals surface area contributed by atoms with Gasteiger partial charge in [-0.25, -0.2) is 4.98 Å². The molecule has 0 unspecified atom stereocenters. The van der Waals surface area contributed by atoms with E-state index in [0.717, 1.165) is 63.3 Å². The molecule has 3 aliphatic heterocycles. The molecule has 6 bridgehead atoms. The van der Waals surface area contributed by atoms with E-state index in [-0.39, 0.29) is 0 Å². The first kappa shape index (κ1) is 28.5. The summed E-state index contributed by atoms with van der Waals surface area (Å²) in [7, 11) is 1.21. The number of nitrogens with zero attached hydrogens (tertiary/aromatic N) is 4. The van der Waals surface area contributed by atoms with Gasteiger partial charge in [-0.3, -0.25) is 0 Å². The monoisotopic (exact) mass is 584 g/mol. The van der Waals surface area contributed by atoms with Gasteiger partial charge in [0.1, 0.15) is 23.7 Å². The number of rotatable bonds is 3. The molecule has 0 aliphatic carbocycles. The molecule has 1 aromatic heterocycles. The van der Waals surface area contributed by atoms with E-state index in [0.29, 0.717) is 40.1 Å². The maximum Gasteiger partial charge on any atom is 0.229 e. The zero-order valence-electron chi connectivity index (χ0n) is 23.7. The summed E-state index contributed by atoms with van der Waals surface area (Å²) in [6.45, 7) is 8.10. The number of hydrogen-bond donors (Lipinski definition) is 2. The molecule has 0 amide bonds. The number of anilines is 5. The van der Waals surface area contributed by atoms with Gasteiger partial charge in [-0.1, -0.05) is 11.6 Å². The number of likely N-dealkylation sites (N-methyl/N-ethyl adjacent to an activating group) is 1. The van der Waals surface area contributed by atoms with Gasteiger partial charge in [0, 0.05) is 43.2 Å². The summed E-state index contributed by atoms with van der Waals surface area (Å²) in [6.07, 6.45) is 5.49. The van der Waals surface area contributed by atoms with Crippen LogP contribution < -0.4 is 30.3 Å². The van der Waals surface area contributed by atoms with E-state index in [9.17, 15) is 4.57 Å². The first-order valence-corrected chi connectivity index (χ1v) is 16.7. The normalized spacial score (nSPS) is 16.8. The van der Waals surface area contributed by atoms with Crippen LogP contribution in [0.25, 0.3) is 0 Å². The third-order valence-corrected chi connectivity index (χ3v) is 9.20. The Bertz CT molecular complexity index is 1410. The minimum atomic E-state index is -2.64. The fourth-order valence-corrected chi connectivity index (χ4v) is 6.41. The molecule has 11 heteroatoms. The largest absolute Gasteiger partial charge is 0.494 e. The van der Waals surface area contributed by atoms with Gasteiger partial charge in [0.15, 0.2) is 5.82 Å². The van der Waals surface area contributed by atoms with Crippen molar-refractivity contribution in [2.24, 2.45) is 0 Å². The zero-order chi connectivity index (χ0) is 28.3. The van der Waals surface area contributed by atoms with Crippen molar-refractivity contribution in [2.45, 2.75) is 25.7 Å². The number of ether oxygens (including phenoxy) is 2. The first-order valence-electron chi connectivity index (χ1n) is 13.7. The maximum absolute atomic E-state index is 13.2. The molecule has 0 spiro atoms. The standard InChI is InChI=1S/C29H38ClN6O3P/c1-35-11-13-36(14-12-35)25-18-26(38-2)24-16-20(25)8-6-5-7-15-39-21-9-10-23(27(17-21)40(3,4)37)32-28-22(30)19-31-29(33-24)34-28/h9-10,16-19H,5-8,11-15H2,1-4H3,(H2,31,32,33,34). The van der Waals surface area contributed by atoms with Crippen LogP contribution in [-0.2, 0) is 11.0 Å². The number of halogens is 1. The SMILES string of the molecule is COc1cc(N2CCN(C)CC2)c2cc1Nc1ncc(Cl)c(n1)Nc1ccc(cc1P(C)(C)=O)OCCCCC2. The molecule has 2 aromatic carbocycles. The Morgan fingerprint density at radius 3 is 2.58 bits per heavy atom. The van der Waals surface area contributed by atoms with Gasteiger partial charge in [0.25, 0.3) is 0 Å². The smallest absolute Gasteiger partial charge is 0.229 e. The van der Waals surface area contributed by atoms with E-state index in [2.05, 4.69) is 49.6 Å². The average Bonchev–Trinajstić information content (AvgIpc) is 2.92. The predicted octanol–water partition coefficient (Wildman–Crippen LogP) is 5.73. The van der Waals surface area contributed by atoms with E-state index in [4.69, 9.17) is 21.1 Å². The highest BCUT2D eigenvalue weighted by atomic mass is 35.5. The maximum atomic E-state index is 13.2. The van der Waals surface area contributed by atoms with Crippen LogP contribution >= 0.6 is 18.7 Å². The van der Waals surface area contributed by atoms with Crippen LogP contribution in [0.5, 0.6) is 11.5 Å². The molecule has 3 aromatic rings. The molecule has 40 heavy (non-hydrogen) atoms. The number of benzene rings is 2. The second kappa shape index (κ2) is 12.2. The summed E-state index contributed by atoms with van der Waals surface area (Å²) in [6, 6.07) is 9.91. The van der Waals surface area contributed by atoms with Crippen molar-refractivity contribution in [3.63, 3.8) is 0 Å².